The van der Waals surface area contributed by atoms with Crippen molar-refractivity contribution in [2.24, 2.45) is 0 Å². The van der Waals surface area contributed by atoms with Crippen LogP contribution in [0.3, 0.4) is 0 Å². The fourth-order valence-electron chi connectivity index (χ4n) is 5.42. The minimum absolute atomic E-state index is 0.0626. The van der Waals surface area contributed by atoms with E-state index in [1.807, 2.05) is 56.3 Å². The summed E-state index contributed by atoms with van der Waals surface area (Å²) in [7, 11) is 1.61. The van der Waals surface area contributed by atoms with Gasteiger partial charge in [0.1, 0.15) is 5.69 Å². The molecule has 4 heterocycles. The third kappa shape index (κ3) is 7.69. The van der Waals surface area contributed by atoms with E-state index in [2.05, 4.69) is 26.3 Å². The smallest absolute Gasteiger partial charge is 0.274 e. The minimum atomic E-state index is -0.303. The molecule has 1 aliphatic heterocycles. The number of aromatic nitrogens is 3. The average Bonchev–Trinajstić information content (AvgIpc) is 3.47. The maximum absolute atomic E-state index is 13.0. The van der Waals surface area contributed by atoms with E-state index in [1.165, 1.54) is 0 Å². The first kappa shape index (κ1) is 31.7. The molecular weight excluding hydrogens is 570 g/mol. The van der Waals surface area contributed by atoms with Crippen molar-refractivity contribution in [2.45, 2.75) is 45.8 Å². The van der Waals surface area contributed by atoms with Gasteiger partial charge in [0.2, 0.25) is 11.8 Å². The lowest BCUT2D eigenvalue weighted by molar-refractivity contribution is -0.119. The van der Waals surface area contributed by atoms with Gasteiger partial charge >= 0.3 is 0 Å². The Morgan fingerprint density at radius 2 is 1.89 bits per heavy atom. The number of aliphatic hydroxyl groups is 1. The summed E-state index contributed by atoms with van der Waals surface area (Å²) in [6.07, 6.45) is 4.85. The molecule has 0 saturated carbocycles. The van der Waals surface area contributed by atoms with Crippen LogP contribution in [0.5, 0.6) is 5.88 Å². The zero-order valence-electron chi connectivity index (χ0n) is 25.8. The zero-order chi connectivity index (χ0) is 31.8. The molecule has 5 rings (SSSR count). The van der Waals surface area contributed by atoms with Crippen molar-refractivity contribution in [3.8, 4) is 28.4 Å². The van der Waals surface area contributed by atoms with Crippen molar-refractivity contribution in [3.05, 3.63) is 88.9 Å². The number of benzene rings is 1. The van der Waals surface area contributed by atoms with Crippen LogP contribution in [0.4, 0.5) is 5.69 Å². The molecular formula is C34H39N7O4. The largest absolute Gasteiger partial charge is 0.481 e. The molecule has 1 saturated heterocycles. The van der Waals surface area contributed by atoms with E-state index in [0.29, 0.717) is 49.9 Å². The number of anilines is 1. The standard InChI is InChI=1S/C34H39N7O4/c1-21-27(5-4-6-28(21)40-33(44)30-10-7-23(18-38-30)17-35-15-16-42)32-22(2)26(13-14-37-32)29-11-8-24(34(41-29)45-3)19-36-20-25-9-12-31(43)39-25/h4-8,10-11,13-14,18,25,35-36,42H,9,12,15-17,19-20H2,1-3H3,(H,39,43)(H,40,44)/t25-/m0/s1. The van der Waals surface area contributed by atoms with Crippen LogP contribution in [0.2, 0.25) is 0 Å². The molecule has 4 aromatic rings. The summed E-state index contributed by atoms with van der Waals surface area (Å²) in [4.78, 5) is 38.4. The monoisotopic (exact) mass is 609 g/mol. The molecule has 11 heteroatoms. The van der Waals surface area contributed by atoms with Gasteiger partial charge in [-0.1, -0.05) is 24.3 Å². The Hall–Kier alpha value is -4.71. The van der Waals surface area contributed by atoms with Crippen LogP contribution in [0.25, 0.3) is 22.5 Å². The predicted octanol–water partition coefficient (Wildman–Crippen LogP) is 3.53. The Labute approximate surface area is 262 Å². The number of hydrogen-bond donors (Lipinski definition) is 5. The molecule has 2 amide bonds. The van der Waals surface area contributed by atoms with E-state index in [9.17, 15) is 9.59 Å². The van der Waals surface area contributed by atoms with Crippen LogP contribution in [0, 0.1) is 13.8 Å². The second-order valence-electron chi connectivity index (χ2n) is 11.0. The van der Waals surface area contributed by atoms with E-state index in [-0.39, 0.29) is 24.5 Å². The number of hydrogen-bond acceptors (Lipinski definition) is 9. The van der Waals surface area contributed by atoms with E-state index in [1.54, 1.807) is 25.6 Å². The number of methoxy groups -OCH3 is 1. The Kier molecular flexibility index (Phi) is 10.5. The third-order valence-electron chi connectivity index (χ3n) is 7.92. The summed E-state index contributed by atoms with van der Waals surface area (Å²) in [5, 5.41) is 21.4. The Bertz CT molecular complexity index is 1660. The van der Waals surface area contributed by atoms with Crippen LogP contribution >= 0.6 is 0 Å². The number of carbonyl (C=O) groups excluding carboxylic acids is 2. The van der Waals surface area contributed by atoms with Gasteiger partial charge in [0.15, 0.2) is 0 Å². The Morgan fingerprint density at radius 3 is 2.62 bits per heavy atom. The highest BCUT2D eigenvalue weighted by molar-refractivity contribution is 6.03. The molecule has 1 aromatic carbocycles. The summed E-state index contributed by atoms with van der Waals surface area (Å²) in [6, 6.07) is 15.4. The van der Waals surface area contributed by atoms with Crippen molar-refractivity contribution in [3.63, 3.8) is 0 Å². The molecule has 1 aliphatic rings. The first-order chi connectivity index (χ1) is 21.9. The molecule has 0 radical (unpaired) electrons. The van der Waals surface area contributed by atoms with Crippen molar-refractivity contribution in [1.82, 2.24) is 30.9 Å². The first-order valence-electron chi connectivity index (χ1n) is 15.1. The predicted molar refractivity (Wildman–Crippen MR) is 173 cm³/mol. The van der Waals surface area contributed by atoms with Gasteiger partial charge in [-0.2, -0.15) is 0 Å². The molecule has 3 aromatic heterocycles. The van der Waals surface area contributed by atoms with Gasteiger partial charge in [0.25, 0.3) is 5.91 Å². The summed E-state index contributed by atoms with van der Waals surface area (Å²) in [5.74, 6) is 0.340. The van der Waals surface area contributed by atoms with E-state index >= 15 is 0 Å². The maximum atomic E-state index is 13.0. The zero-order valence-corrected chi connectivity index (χ0v) is 25.8. The lowest BCUT2D eigenvalue weighted by Gasteiger charge is -2.16. The van der Waals surface area contributed by atoms with Crippen molar-refractivity contribution in [2.75, 3.05) is 32.1 Å². The lowest BCUT2D eigenvalue weighted by Crippen LogP contribution is -2.35. The highest BCUT2D eigenvalue weighted by Gasteiger charge is 2.21. The fraction of sp³-hybridized carbons (Fsp3) is 0.324. The first-order valence-corrected chi connectivity index (χ1v) is 15.1. The van der Waals surface area contributed by atoms with Crippen LogP contribution in [0.1, 0.15) is 45.6 Å². The van der Waals surface area contributed by atoms with Gasteiger partial charge in [-0.3, -0.25) is 19.6 Å². The fourth-order valence-corrected chi connectivity index (χ4v) is 5.42. The van der Waals surface area contributed by atoms with Gasteiger partial charge in [0.05, 0.1) is 25.1 Å². The SMILES string of the molecule is COc1nc(-c2ccnc(-c3cccc(NC(=O)c4ccc(CNCCO)cn4)c3C)c2C)ccc1CNC[C@@H]1CCC(=O)N1. The van der Waals surface area contributed by atoms with E-state index in [0.717, 1.165) is 51.2 Å². The maximum Gasteiger partial charge on any atom is 0.274 e. The van der Waals surface area contributed by atoms with Gasteiger partial charge in [0, 0.05) is 73.4 Å². The van der Waals surface area contributed by atoms with Crippen molar-refractivity contribution >= 4 is 17.5 Å². The molecule has 11 nitrogen and oxygen atoms in total. The molecule has 0 bridgehead atoms. The lowest BCUT2D eigenvalue weighted by atomic mass is 9.96. The number of ether oxygens (including phenoxy) is 1. The molecule has 45 heavy (non-hydrogen) atoms. The highest BCUT2D eigenvalue weighted by Crippen LogP contribution is 2.34. The van der Waals surface area contributed by atoms with Gasteiger partial charge in [-0.15, -0.1) is 0 Å². The van der Waals surface area contributed by atoms with Crippen LogP contribution < -0.4 is 26.0 Å². The molecule has 0 aliphatic carbocycles. The van der Waals surface area contributed by atoms with Crippen molar-refractivity contribution < 1.29 is 19.4 Å². The topological polar surface area (TPSA) is 150 Å². The van der Waals surface area contributed by atoms with Crippen LogP contribution in [0.15, 0.2) is 60.9 Å². The normalized spacial score (nSPS) is 14.3. The molecule has 0 spiro atoms. The minimum Gasteiger partial charge on any atom is -0.481 e. The number of nitrogens with zero attached hydrogens (tertiary/aromatic N) is 3. The second kappa shape index (κ2) is 14.8. The summed E-state index contributed by atoms with van der Waals surface area (Å²) < 4.78 is 5.64. The molecule has 234 valence electrons. The van der Waals surface area contributed by atoms with Crippen molar-refractivity contribution in [1.29, 1.82) is 0 Å². The van der Waals surface area contributed by atoms with Crippen LogP contribution in [-0.4, -0.2) is 64.7 Å². The van der Waals surface area contributed by atoms with Gasteiger partial charge < -0.3 is 31.1 Å². The number of carbonyl (C=O) groups is 2. The Morgan fingerprint density at radius 1 is 1.02 bits per heavy atom. The average molecular weight is 610 g/mol. The molecule has 1 fully saturated rings. The summed E-state index contributed by atoms with van der Waals surface area (Å²) in [5.41, 5.74) is 8.07. The van der Waals surface area contributed by atoms with Gasteiger partial charge in [-0.25, -0.2) is 4.98 Å². The second-order valence-corrected chi connectivity index (χ2v) is 11.0. The number of amides is 2. The number of nitrogens with one attached hydrogen (secondary N) is 4. The van der Waals surface area contributed by atoms with Gasteiger partial charge in [-0.05, 0) is 61.2 Å². The van der Waals surface area contributed by atoms with E-state index in [4.69, 9.17) is 19.8 Å². The summed E-state index contributed by atoms with van der Waals surface area (Å²) in [6.45, 7) is 6.36. The third-order valence-corrected chi connectivity index (χ3v) is 7.92. The Balaban J connectivity index is 1.32. The van der Waals surface area contributed by atoms with Crippen LogP contribution in [-0.2, 0) is 17.9 Å². The van der Waals surface area contributed by atoms with E-state index < -0.39 is 0 Å². The number of rotatable bonds is 13. The molecule has 0 unspecified atom stereocenters. The number of pyridine rings is 3. The number of aliphatic hydroxyl groups excluding tert-OH is 1. The highest BCUT2D eigenvalue weighted by atomic mass is 16.5. The quantitative estimate of drug-likeness (QED) is 0.143. The summed E-state index contributed by atoms with van der Waals surface area (Å²) >= 11 is 0. The molecule has 5 N–H and O–H groups in total. The molecule has 1 atom stereocenters.